The first-order valence-electron chi connectivity index (χ1n) is 7.85. The van der Waals surface area contributed by atoms with E-state index in [1.165, 1.54) is 18.2 Å². The van der Waals surface area contributed by atoms with Crippen molar-refractivity contribution in [1.82, 2.24) is 15.3 Å². The number of nitrogens with zero attached hydrogens (tertiary/aromatic N) is 2. The van der Waals surface area contributed by atoms with Gasteiger partial charge in [-0.15, -0.1) is 0 Å². The van der Waals surface area contributed by atoms with Crippen LogP contribution < -0.4 is 10.6 Å². The molecule has 1 amide bonds. The van der Waals surface area contributed by atoms with Crippen molar-refractivity contribution in [3.63, 3.8) is 0 Å². The van der Waals surface area contributed by atoms with Gasteiger partial charge in [0.2, 0.25) is 5.95 Å². The van der Waals surface area contributed by atoms with Crippen LogP contribution in [0.25, 0.3) is 0 Å². The number of aromatic nitrogens is 2. The van der Waals surface area contributed by atoms with Crippen LogP contribution in [0.5, 0.6) is 0 Å². The molecule has 0 saturated heterocycles. The Bertz CT molecular complexity index is 724. The molecular weight excluding hydrogens is 331 g/mol. The van der Waals surface area contributed by atoms with E-state index in [-0.39, 0.29) is 22.6 Å². The van der Waals surface area contributed by atoms with Crippen molar-refractivity contribution in [3.05, 3.63) is 46.5 Å². The highest BCUT2D eigenvalue weighted by atomic mass is 35.5. The summed E-state index contributed by atoms with van der Waals surface area (Å²) in [5.74, 6) is -0.479. The Balaban J connectivity index is 2.10. The smallest absolute Gasteiger partial charge is 0.270 e. The molecule has 2 N–H and O–H groups in total. The number of anilines is 2. The third-order valence-electron chi connectivity index (χ3n) is 3.33. The number of aryl methyl sites for hydroxylation is 1. The van der Waals surface area contributed by atoms with Crippen LogP contribution in [0.2, 0.25) is 5.02 Å². The van der Waals surface area contributed by atoms with E-state index in [0.29, 0.717) is 17.9 Å². The SMILES string of the molecule is CCCCCNC(=O)c1cc(C)nc(Nc2ccc(F)c(Cl)c2)n1. The maximum Gasteiger partial charge on any atom is 0.270 e. The number of amides is 1. The predicted octanol–water partition coefficient (Wildman–Crippen LogP) is 4.24. The summed E-state index contributed by atoms with van der Waals surface area (Å²) in [6.07, 6.45) is 3.10. The molecule has 5 nitrogen and oxygen atoms in total. The molecular formula is C17H20ClFN4O. The second-order valence-corrected chi connectivity index (χ2v) is 5.84. The van der Waals surface area contributed by atoms with Crippen LogP contribution >= 0.6 is 11.6 Å². The molecule has 2 aromatic rings. The molecule has 1 heterocycles. The van der Waals surface area contributed by atoms with Gasteiger partial charge in [-0.3, -0.25) is 4.79 Å². The van der Waals surface area contributed by atoms with Crippen molar-refractivity contribution in [2.45, 2.75) is 33.1 Å². The van der Waals surface area contributed by atoms with Gasteiger partial charge in [0.05, 0.1) is 5.02 Å². The molecule has 0 atom stereocenters. The Morgan fingerprint density at radius 2 is 2.04 bits per heavy atom. The van der Waals surface area contributed by atoms with Crippen molar-refractivity contribution < 1.29 is 9.18 Å². The van der Waals surface area contributed by atoms with Gasteiger partial charge in [0.25, 0.3) is 5.91 Å². The molecule has 0 spiro atoms. The molecule has 0 radical (unpaired) electrons. The van der Waals surface area contributed by atoms with E-state index in [4.69, 9.17) is 11.6 Å². The second kappa shape index (κ2) is 8.59. The van der Waals surface area contributed by atoms with Gasteiger partial charge >= 0.3 is 0 Å². The fourth-order valence-electron chi connectivity index (χ4n) is 2.11. The minimum atomic E-state index is -0.500. The average Bonchev–Trinajstić information content (AvgIpc) is 2.54. The van der Waals surface area contributed by atoms with E-state index in [1.807, 2.05) is 0 Å². The molecule has 0 unspecified atom stereocenters. The lowest BCUT2D eigenvalue weighted by atomic mass is 10.2. The maximum atomic E-state index is 13.2. The van der Waals surface area contributed by atoms with Crippen LogP contribution in [0.4, 0.5) is 16.0 Å². The molecule has 0 aliphatic heterocycles. The van der Waals surface area contributed by atoms with E-state index in [2.05, 4.69) is 27.5 Å². The van der Waals surface area contributed by atoms with Crippen molar-refractivity contribution in [1.29, 1.82) is 0 Å². The van der Waals surface area contributed by atoms with Crippen LogP contribution in [-0.4, -0.2) is 22.4 Å². The van der Waals surface area contributed by atoms with Gasteiger partial charge in [-0.2, -0.15) is 0 Å². The maximum absolute atomic E-state index is 13.2. The largest absolute Gasteiger partial charge is 0.351 e. The molecule has 0 bridgehead atoms. The fourth-order valence-corrected chi connectivity index (χ4v) is 2.29. The number of rotatable bonds is 7. The highest BCUT2D eigenvalue weighted by Gasteiger charge is 2.11. The molecule has 7 heteroatoms. The summed E-state index contributed by atoms with van der Waals surface area (Å²) in [7, 11) is 0. The zero-order valence-electron chi connectivity index (χ0n) is 13.7. The Labute approximate surface area is 145 Å². The first-order valence-corrected chi connectivity index (χ1v) is 8.23. The van der Waals surface area contributed by atoms with Gasteiger partial charge in [0.1, 0.15) is 11.5 Å². The number of hydrogen-bond donors (Lipinski definition) is 2. The van der Waals surface area contributed by atoms with Gasteiger partial charge in [-0.05, 0) is 37.6 Å². The summed E-state index contributed by atoms with van der Waals surface area (Å²) in [4.78, 5) is 20.6. The lowest BCUT2D eigenvalue weighted by Crippen LogP contribution is -2.25. The third kappa shape index (κ3) is 5.16. The van der Waals surface area contributed by atoms with Crippen molar-refractivity contribution >= 4 is 29.1 Å². The number of unbranched alkanes of at least 4 members (excludes halogenated alkanes) is 2. The minimum absolute atomic E-state index is 0.00143. The molecule has 0 aliphatic rings. The third-order valence-corrected chi connectivity index (χ3v) is 3.62. The van der Waals surface area contributed by atoms with Gasteiger partial charge in [0.15, 0.2) is 0 Å². The number of nitrogens with one attached hydrogen (secondary N) is 2. The van der Waals surface area contributed by atoms with Gasteiger partial charge in [-0.25, -0.2) is 14.4 Å². The van der Waals surface area contributed by atoms with Gasteiger partial charge in [-0.1, -0.05) is 31.4 Å². The van der Waals surface area contributed by atoms with Crippen LogP contribution in [0.3, 0.4) is 0 Å². The number of hydrogen-bond acceptors (Lipinski definition) is 4. The van der Waals surface area contributed by atoms with E-state index in [1.54, 1.807) is 13.0 Å². The van der Waals surface area contributed by atoms with Crippen molar-refractivity contribution in [2.24, 2.45) is 0 Å². The van der Waals surface area contributed by atoms with Crippen LogP contribution in [-0.2, 0) is 0 Å². The first kappa shape index (κ1) is 18.1. The molecule has 1 aromatic heterocycles. The van der Waals surface area contributed by atoms with Crippen LogP contribution in [0.1, 0.15) is 42.4 Å². The van der Waals surface area contributed by atoms with Crippen LogP contribution in [0, 0.1) is 12.7 Å². The molecule has 24 heavy (non-hydrogen) atoms. The van der Waals surface area contributed by atoms with Crippen molar-refractivity contribution in [2.75, 3.05) is 11.9 Å². The average molecular weight is 351 g/mol. The lowest BCUT2D eigenvalue weighted by Gasteiger charge is -2.09. The Morgan fingerprint density at radius 3 is 2.75 bits per heavy atom. The highest BCUT2D eigenvalue weighted by molar-refractivity contribution is 6.31. The Hall–Kier alpha value is -2.21. The molecule has 0 fully saturated rings. The molecule has 1 aromatic carbocycles. The number of carbonyl (C=O) groups excluding carboxylic acids is 1. The summed E-state index contributed by atoms with van der Waals surface area (Å²) in [6.45, 7) is 4.50. The zero-order valence-corrected chi connectivity index (χ0v) is 14.5. The quantitative estimate of drug-likeness (QED) is 0.733. The normalized spacial score (nSPS) is 10.5. The van der Waals surface area contributed by atoms with Crippen molar-refractivity contribution in [3.8, 4) is 0 Å². The Kier molecular flexibility index (Phi) is 6.49. The predicted molar refractivity (Wildman–Crippen MR) is 93.3 cm³/mol. The first-order chi connectivity index (χ1) is 11.5. The van der Waals surface area contributed by atoms with E-state index in [9.17, 15) is 9.18 Å². The van der Waals surface area contributed by atoms with Gasteiger partial charge in [0, 0.05) is 17.9 Å². The van der Waals surface area contributed by atoms with E-state index < -0.39 is 5.82 Å². The minimum Gasteiger partial charge on any atom is -0.351 e. The zero-order chi connectivity index (χ0) is 17.5. The molecule has 0 saturated carbocycles. The topological polar surface area (TPSA) is 66.9 Å². The Morgan fingerprint density at radius 1 is 1.25 bits per heavy atom. The number of carbonyl (C=O) groups is 1. The van der Waals surface area contributed by atoms with E-state index in [0.717, 1.165) is 19.3 Å². The van der Waals surface area contributed by atoms with Crippen LogP contribution in [0.15, 0.2) is 24.3 Å². The highest BCUT2D eigenvalue weighted by Crippen LogP contribution is 2.21. The summed E-state index contributed by atoms with van der Waals surface area (Å²) >= 11 is 5.76. The standard InChI is InChI=1S/C17H20ClFN4O/c1-3-4-5-8-20-16(24)15-9-11(2)21-17(23-15)22-12-6-7-14(19)13(18)10-12/h6-7,9-10H,3-5,8H2,1-2H3,(H,20,24)(H,21,22,23). The summed E-state index contributed by atoms with van der Waals surface area (Å²) in [5, 5.41) is 5.77. The summed E-state index contributed by atoms with van der Waals surface area (Å²) in [5.41, 5.74) is 1.48. The number of halogens is 2. The lowest BCUT2D eigenvalue weighted by molar-refractivity contribution is 0.0948. The molecule has 0 aliphatic carbocycles. The monoisotopic (exact) mass is 350 g/mol. The summed E-state index contributed by atoms with van der Waals surface area (Å²) < 4.78 is 13.2. The van der Waals surface area contributed by atoms with E-state index >= 15 is 0 Å². The molecule has 2 rings (SSSR count). The fraction of sp³-hybridized carbons (Fsp3) is 0.353. The molecule has 128 valence electrons. The second-order valence-electron chi connectivity index (χ2n) is 5.44. The summed E-state index contributed by atoms with van der Waals surface area (Å²) in [6, 6.07) is 5.84. The van der Waals surface area contributed by atoms with Gasteiger partial charge < -0.3 is 10.6 Å². The number of benzene rings is 1.